The molecule has 0 bridgehead atoms. The molecule has 2 aromatic rings. The Morgan fingerprint density at radius 1 is 1.38 bits per heavy atom. The van der Waals surface area contributed by atoms with Crippen molar-refractivity contribution in [3.8, 4) is 0 Å². The summed E-state index contributed by atoms with van der Waals surface area (Å²) < 4.78 is 0. The minimum Gasteiger partial charge on any atom is -0.478 e. The molecule has 21 heavy (non-hydrogen) atoms. The largest absolute Gasteiger partial charge is 0.478 e. The number of carboxylic acids is 1. The Morgan fingerprint density at radius 3 is 2.76 bits per heavy atom. The summed E-state index contributed by atoms with van der Waals surface area (Å²) >= 11 is 1.02. The van der Waals surface area contributed by atoms with Crippen molar-refractivity contribution < 1.29 is 14.7 Å². The Kier molecular flexibility index (Phi) is 4.39. The third kappa shape index (κ3) is 3.69. The van der Waals surface area contributed by atoms with E-state index in [1.165, 1.54) is 6.07 Å². The fraction of sp³-hybridized carbons (Fsp3) is 0.154. The topological polar surface area (TPSA) is 111 Å². The van der Waals surface area contributed by atoms with E-state index in [0.717, 1.165) is 11.3 Å². The minimum atomic E-state index is -1.05. The van der Waals surface area contributed by atoms with Crippen LogP contribution < -0.4 is 15.5 Å². The molecule has 1 aromatic heterocycles. The van der Waals surface area contributed by atoms with Gasteiger partial charge in [0.05, 0.1) is 12.1 Å². The first-order chi connectivity index (χ1) is 9.97. The quantitative estimate of drug-likeness (QED) is 0.689. The van der Waals surface area contributed by atoms with E-state index >= 15 is 0 Å². The maximum absolute atomic E-state index is 11.8. The molecular formula is C13H13N3O4S. The van der Waals surface area contributed by atoms with E-state index < -0.39 is 12.0 Å². The van der Waals surface area contributed by atoms with Crippen LogP contribution in [0, 0.1) is 6.92 Å². The third-order valence-corrected chi connectivity index (χ3v) is 3.54. The first kappa shape index (κ1) is 14.8. The van der Waals surface area contributed by atoms with Gasteiger partial charge in [0.15, 0.2) is 0 Å². The van der Waals surface area contributed by atoms with E-state index in [1.807, 2.05) is 0 Å². The smallest absolute Gasteiger partial charge is 0.336 e. The number of amides is 2. The van der Waals surface area contributed by atoms with Crippen LogP contribution in [0.1, 0.15) is 21.6 Å². The molecule has 0 unspecified atom stereocenters. The highest BCUT2D eigenvalue weighted by atomic mass is 32.1. The summed E-state index contributed by atoms with van der Waals surface area (Å²) in [4.78, 5) is 36.1. The maximum atomic E-state index is 11.8. The molecule has 4 N–H and O–H groups in total. The number of aromatic carboxylic acids is 1. The molecule has 0 aliphatic rings. The number of hydrogen-bond donors (Lipinski definition) is 4. The van der Waals surface area contributed by atoms with Crippen LogP contribution in [0.25, 0.3) is 0 Å². The van der Waals surface area contributed by atoms with Crippen molar-refractivity contribution in [2.24, 2.45) is 0 Å². The number of carbonyl (C=O) groups is 2. The fourth-order valence-corrected chi connectivity index (χ4v) is 2.33. The average molecular weight is 307 g/mol. The molecule has 2 amide bonds. The second kappa shape index (κ2) is 6.23. The highest BCUT2D eigenvalue weighted by molar-refractivity contribution is 7.07. The summed E-state index contributed by atoms with van der Waals surface area (Å²) in [7, 11) is 0. The van der Waals surface area contributed by atoms with Crippen LogP contribution >= 0.6 is 11.3 Å². The van der Waals surface area contributed by atoms with Crippen molar-refractivity contribution in [2.45, 2.75) is 13.5 Å². The van der Waals surface area contributed by atoms with Crippen LogP contribution in [-0.4, -0.2) is 22.1 Å². The zero-order valence-corrected chi connectivity index (χ0v) is 11.9. The Bertz CT molecular complexity index is 735. The van der Waals surface area contributed by atoms with Crippen LogP contribution in [0.15, 0.2) is 28.4 Å². The number of benzene rings is 1. The number of nitrogens with one attached hydrogen (secondary N) is 3. The molecule has 1 aromatic carbocycles. The number of carbonyl (C=O) groups excluding carboxylic acids is 1. The zero-order chi connectivity index (χ0) is 15.4. The number of rotatable bonds is 4. The van der Waals surface area contributed by atoms with Gasteiger partial charge in [-0.3, -0.25) is 4.79 Å². The predicted molar refractivity (Wildman–Crippen MR) is 78.9 cm³/mol. The molecule has 0 atom stereocenters. The summed E-state index contributed by atoms with van der Waals surface area (Å²) in [5, 5.41) is 15.8. The number of H-pyrrole nitrogens is 1. The maximum Gasteiger partial charge on any atom is 0.336 e. The number of aromatic nitrogens is 1. The van der Waals surface area contributed by atoms with Crippen molar-refractivity contribution in [1.29, 1.82) is 0 Å². The van der Waals surface area contributed by atoms with Gasteiger partial charge >= 0.3 is 16.9 Å². The lowest BCUT2D eigenvalue weighted by Gasteiger charge is -2.11. The van der Waals surface area contributed by atoms with Crippen LogP contribution in [0.3, 0.4) is 0 Å². The lowest BCUT2D eigenvalue weighted by molar-refractivity contribution is 0.0696. The van der Waals surface area contributed by atoms with Gasteiger partial charge in [0.2, 0.25) is 0 Å². The summed E-state index contributed by atoms with van der Waals surface area (Å²) in [6.45, 7) is 1.80. The molecule has 0 fully saturated rings. The lowest BCUT2D eigenvalue weighted by Crippen LogP contribution is -2.29. The molecule has 7 nitrogen and oxygen atoms in total. The average Bonchev–Trinajstić information content (AvgIpc) is 2.84. The SMILES string of the molecule is Cc1c(NC(=O)NCc2csc(=O)[nH]2)cccc1C(=O)O. The Labute approximate surface area is 123 Å². The highest BCUT2D eigenvalue weighted by Crippen LogP contribution is 2.18. The minimum absolute atomic E-state index is 0.134. The summed E-state index contributed by atoms with van der Waals surface area (Å²) in [6.07, 6.45) is 0. The Hall–Kier alpha value is -2.61. The number of hydrogen-bond acceptors (Lipinski definition) is 4. The standard InChI is InChI=1S/C13H13N3O4S/c1-7-9(11(17)18)3-2-4-10(7)16-12(19)14-5-8-6-21-13(20)15-8/h2-4,6H,5H2,1H3,(H,15,20)(H,17,18)(H2,14,16,19). The summed E-state index contributed by atoms with van der Waals surface area (Å²) in [6, 6.07) is 4.17. The predicted octanol–water partition coefficient (Wildman–Crippen LogP) is 1.76. The first-order valence-electron chi connectivity index (χ1n) is 6.02. The molecule has 8 heteroatoms. The van der Waals surface area contributed by atoms with Gasteiger partial charge in [0, 0.05) is 16.8 Å². The van der Waals surface area contributed by atoms with E-state index in [1.54, 1.807) is 24.4 Å². The van der Waals surface area contributed by atoms with Crippen molar-refractivity contribution in [1.82, 2.24) is 10.3 Å². The third-order valence-electron chi connectivity index (χ3n) is 2.82. The van der Waals surface area contributed by atoms with Crippen molar-refractivity contribution >= 4 is 29.0 Å². The van der Waals surface area contributed by atoms with E-state index in [0.29, 0.717) is 16.9 Å². The Morgan fingerprint density at radius 2 is 2.14 bits per heavy atom. The monoisotopic (exact) mass is 307 g/mol. The molecule has 0 saturated heterocycles. The summed E-state index contributed by atoms with van der Waals surface area (Å²) in [5.74, 6) is -1.05. The molecule has 0 spiro atoms. The van der Waals surface area contributed by atoms with Gasteiger partial charge in [-0.2, -0.15) is 0 Å². The van der Waals surface area contributed by atoms with Gasteiger partial charge in [-0.1, -0.05) is 17.4 Å². The molecule has 0 aliphatic carbocycles. The van der Waals surface area contributed by atoms with E-state index in [2.05, 4.69) is 15.6 Å². The number of anilines is 1. The van der Waals surface area contributed by atoms with Crippen molar-refractivity contribution in [3.05, 3.63) is 50.1 Å². The van der Waals surface area contributed by atoms with Gasteiger partial charge in [-0.25, -0.2) is 9.59 Å². The summed E-state index contributed by atoms with van der Waals surface area (Å²) in [5.41, 5.74) is 1.64. The highest BCUT2D eigenvalue weighted by Gasteiger charge is 2.11. The van der Waals surface area contributed by atoms with E-state index in [4.69, 9.17) is 5.11 Å². The van der Waals surface area contributed by atoms with Crippen LogP contribution in [0.5, 0.6) is 0 Å². The normalized spacial score (nSPS) is 10.1. The second-order valence-electron chi connectivity index (χ2n) is 4.26. The number of aromatic amines is 1. The second-order valence-corrected chi connectivity index (χ2v) is 5.11. The van der Waals surface area contributed by atoms with E-state index in [9.17, 15) is 14.4 Å². The van der Waals surface area contributed by atoms with Gasteiger partial charge < -0.3 is 20.7 Å². The molecule has 0 saturated carbocycles. The molecule has 110 valence electrons. The van der Waals surface area contributed by atoms with Gasteiger partial charge in [-0.05, 0) is 24.6 Å². The molecule has 0 aliphatic heterocycles. The molecular weight excluding hydrogens is 294 g/mol. The van der Waals surface area contributed by atoms with Crippen molar-refractivity contribution in [2.75, 3.05) is 5.32 Å². The van der Waals surface area contributed by atoms with Gasteiger partial charge in [0.1, 0.15) is 0 Å². The van der Waals surface area contributed by atoms with Crippen LogP contribution in [0.4, 0.5) is 10.5 Å². The number of carboxylic acid groups (broad SMARTS) is 1. The number of urea groups is 1. The van der Waals surface area contributed by atoms with Gasteiger partial charge in [-0.15, -0.1) is 0 Å². The van der Waals surface area contributed by atoms with E-state index in [-0.39, 0.29) is 17.0 Å². The van der Waals surface area contributed by atoms with Crippen LogP contribution in [-0.2, 0) is 6.54 Å². The van der Waals surface area contributed by atoms with Crippen LogP contribution in [0.2, 0.25) is 0 Å². The fourth-order valence-electron chi connectivity index (χ4n) is 1.75. The first-order valence-corrected chi connectivity index (χ1v) is 6.90. The van der Waals surface area contributed by atoms with Gasteiger partial charge in [0.25, 0.3) is 0 Å². The van der Waals surface area contributed by atoms with Crippen molar-refractivity contribution in [3.63, 3.8) is 0 Å². The Balaban J connectivity index is 2.01. The molecule has 1 heterocycles. The lowest BCUT2D eigenvalue weighted by atomic mass is 10.1. The zero-order valence-electron chi connectivity index (χ0n) is 11.1. The number of thiazole rings is 1. The molecule has 2 rings (SSSR count). The molecule has 0 radical (unpaired) electrons.